The minimum atomic E-state index is -1.42. The van der Waals surface area contributed by atoms with E-state index in [0.717, 1.165) is 12.8 Å². The van der Waals surface area contributed by atoms with E-state index in [1.807, 2.05) is 6.92 Å². The minimum absolute atomic E-state index is 0.247. The first-order valence-electron chi connectivity index (χ1n) is 5.73. The SMILES string of the molecule is CCCCC#CC1(CC)C(=O)NC(=O)NC1=O. The van der Waals surface area contributed by atoms with Crippen molar-refractivity contribution in [2.45, 2.75) is 39.5 Å². The Morgan fingerprint density at radius 3 is 2.18 bits per heavy atom. The van der Waals surface area contributed by atoms with Crippen LogP contribution in [0.1, 0.15) is 39.5 Å². The van der Waals surface area contributed by atoms with Crippen LogP contribution < -0.4 is 10.6 Å². The highest BCUT2D eigenvalue weighted by atomic mass is 16.2. The summed E-state index contributed by atoms with van der Waals surface area (Å²) in [4.78, 5) is 34.4. The van der Waals surface area contributed by atoms with Crippen LogP contribution in [0, 0.1) is 17.3 Å². The van der Waals surface area contributed by atoms with Gasteiger partial charge in [0.25, 0.3) is 11.8 Å². The van der Waals surface area contributed by atoms with Gasteiger partial charge in [-0.2, -0.15) is 0 Å². The predicted molar refractivity (Wildman–Crippen MR) is 61.7 cm³/mol. The first kappa shape index (κ1) is 13.2. The lowest BCUT2D eigenvalue weighted by atomic mass is 9.82. The molecule has 0 atom stereocenters. The molecule has 1 saturated heterocycles. The first-order chi connectivity index (χ1) is 8.06. The second-order valence-electron chi connectivity index (χ2n) is 3.90. The molecular weight excluding hydrogens is 220 g/mol. The Labute approximate surface area is 100 Å². The molecule has 5 heteroatoms. The summed E-state index contributed by atoms with van der Waals surface area (Å²) in [5.74, 6) is 4.30. The van der Waals surface area contributed by atoms with Crippen molar-refractivity contribution in [1.29, 1.82) is 0 Å². The van der Waals surface area contributed by atoms with Crippen molar-refractivity contribution in [3.05, 3.63) is 0 Å². The highest BCUT2D eigenvalue weighted by Crippen LogP contribution is 2.24. The molecule has 0 saturated carbocycles. The van der Waals surface area contributed by atoms with Gasteiger partial charge < -0.3 is 0 Å². The Hall–Kier alpha value is -1.83. The van der Waals surface area contributed by atoms with Crippen LogP contribution in [0.15, 0.2) is 0 Å². The van der Waals surface area contributed by atoms with Gasteiger partial charge in [-0.25, -0.2) is 4.79 Å². The molecule has 92 valence electrons. The number of unbranched alkanes of at least 4 members (excludes halogenated alkanes) is 2. The van der Waals surface area contributed by atoms with Crippen molar-refractivity contribution >= 4 is 17.8 Å². The number of urea groups is 1. The number of carbonyl (C=O) groups is 3. The Morgan fingerprint density at radius 1 is 1.12 bits per heavy atom. The summed E-state index contributed by atoms with van der Waals surface area (Å²) in [6, 6.07) is -0.778. The second-order valence-corrected chi connectivity index (χ2v) is 3.90. The highest BCUT2D eigenvalue weighted by Gasteiger charge is 2.47. The van der Waals surface area contributed by atoms with Crippen molar-refractivity contribution in [2.75, 3.05) is 0 Å². The van der Waals surface area contributed by atoms with E-state index in [9.17, 15) is 14.4 Å². The number of imide groups is 2. The molecule has 1 aliphatic rings. The standard InChI is InChI=1S/C12H16N2O3/c1-3-5-6-7-8-12(4-2)9(15)13-11(17)14-10(12)16/h3-6H2,1-2H3,(H2,13,14,15,16,17). The van der Waals surface area contributed by atoms with Crippen LogP contribution in [0.3, 0.4) is 0 Å². The molecule has 0 radical (unpaired) electrons. The molecule has 0 bridgehead atoms. The summed E-state index contributed by atoms with van der Waals surface area (Å²) in [6.45, 7) is 3.74. The van der Waals surface area contributed by atoms with Crippen LogP contribution in [0.2, 0.25) is 0 Å². The van der Waals surface area contributed by atoms with Gasteiger partial charge in [-0.3, -0.25) is 20.2 Å². The Bertz CT molecular complexity index is 384. The van der Waals surface area contributed by atoms with Crippen LogP contribution in [-0.2, 0) is 9.59 Å². The molecule has 4 amide bonds. The van der Waals surface area contributed by atoms with Crippen molar-refractivity contribution in [2.24, 2.45) is 5.41 Å². The minimum Gasteiger partial charge on any atom is -0.276 e. The number of hydrogen-bond acceptors (Lipinski definition) is 3. The third-order valence-corrected chi connectivity index (χ3v) is 2.72. The van der Waals surface area contributed by atoms with Gasteiger partial charge in [-0.15, -0.1) is 5.92 Å². The quantitative estimate of drug-likeness (QED) is 0.435. The van der Waals surface area contributed by atoms with Gasteiger partial charge in [0.05, 0.1) is 0 Å². The van der Waals surface area contributed by atoms with E-state index >= 15 is 0 Å². The second kappa shape index (κ2) is 5.48. The average molecular weight is 236 g/mol. The maximum atomic E-state index is 11.7. The molecule has 5 nitrogen and oxygen atoms in total. The maximum absolute atomic E-state index is 11.7. The van der Waals surface area contributed by atoms with Crippen LogP contribution in [0.5, 0.6) is 0 Å². The van der Waals surface area contributed by atoms with Crippen LogP contribution in [0.4, 0.5) is 4.79 Å². The van der Waals surface area contributed by atoms with Gasteiger partial charge in [0, 0.05) is 6.42 Å². The number of carbonyl (C=O) groups excluding carboxylic acids is 3. The van der Waals surface area contributed by atoms with E-state index in [0.29, 0.717) is 6.42 Å². The molecule has 2 N–H and O–H groups in total. The molecule has 1 rings (SSSR count). The molecule has 0 spiro atoms. The Kier molecular flexibility index (Phi) is 4.27. The molecule has 0 aromatic rings. The summed E-state index contributed by atoms with van der Waals surface area (Å²) in [6.07, 6.45) is 2.82. The maximum Gasteiger partial charge on any atom is 0.328 e. The summed E-state index contributed by atoms with van der Waals surface area (Å²) in [5, 5.41) is 4.16. The Morgan fingerprint density at radius 2 is 1.71 bits per heavy atom. The summed E-state index contributed by atoms with van der Waals surface area (Å²) in [7, 11) is 0. The fourth-order valence-corrected chi connectivity index (χ4v) is 1.56. The zero-order chi connectivity index (χ0) is 12.9. The summed E-state index contributed by atoms with van der Waals surface area (Å²) in [5.41, 5.74) is -1.42. The number of amides is 4. The van der Waals surface area contributed by atoms with Crippen molar-refractivity contribution in [3.8, 4) is 11.8 Å². The molecule has 1 aliphatic heterocycles. The van der Waals surface area contributed by atoms with Crippen LogP contribution >= 0.6 is 0 Å². The highest BCUT2D eigenvalue weighted by molar-refractivity contribution is 6.21. The predicted octanol–water partition coefficient (Wildman–Crippen LogP) is 0.942. The van der Waals surface area contributed by atoms with Crippen molar-refractivity contribution < 1.29 is 14.4 Å². The third kappa shape index (κ3) is 2.64. The van der Waals surface area contributed by atoms with Crippen LogP contribution in [-0.4, -0.2) is 17.8 Å². The lowest BCUT2D eigenvalue weighted by molar-refractivity contribution is -0.140. The van der Waals surface area contributed by atoms with Gasteiger partial charge >= 0.3 is 6.03 Å². The first-order valence-corrected chi connectivity index (χ1v) is 5.73. The fourth-order valence-electron chi connectivity index (χ4n) is 1.56. The molecule has 1 heterocycles. The third-order valence-electron chi connectivity index (χ3n) is 2.72. The number of hydrogen-bond donors (Lipinski definition) is 2. The molecule has 0 aromatic heterocycles. The smallest absolute Gasteiger partial charge is 0.276 e. The molecule has 0 aliphatic carbocycles. The molecule has 17 heavy (non-hydrogen) atoms. The zero-order valence-corrected chi connectivity index (χ0v) is 10.1. The average Bonchev–Trinajstić information content (AvgIpc) is 2.27. The molecule has 0 aromatic carbocycles. The van der Waals surface area contributed by atoms with Gasteiger partial charge in [0.1, 0.15) is 0 Å². The largest absolute Gasteiger partial charge is 0.328 e. The monoisotopic (exact) mass is 236 g/mol. The number of nitrogens with one attached hydrogen (secondary N) is 2. The molecule has 1 fully saturated rings. The molecular formula is C12H16N2O3. The van der Waals surface area contributed by atoms with Gasteiger partial charge in [-0.05, 0) is 12.8 Å². The van der Waals surface area contributed by atoms with Gasteiger partial charge in [0.2, 0.25) is 0 Å². The van der Waals surface area contributed by atoms with Gasteiger partial charge in [-0.1, -0.05) is 26.2 Å². The molecule has 0 unspecified atom stereocenters. The van der Waals surface area contributed by atoms with E-state index in [-0.39, 0.29) is 6.42 Å². The van der Waals surface area contributed by atoms with E-state index < -0.39 is 23.3 Å². The Balaban J connectivity index is 2.92. The van der Waals surface area contributed by atoms with E-state index in [2.05, 4.69) is 22.5 Å². The van der Waals surface area contributed by atoms with Crippen LogP contribution in [0.25, 0.3) is 0 Å². The summed E-state index contributed by atoms with van der Waals surface area (Å²) < 4.78 is 0. The van der Waals surface area contributed by atoms with E-state index in [1.54, 1.807) is 6.92 Å². The fraction of sp³-hybridized carbons (Fsp3) is 0.583. The lowest BCUT2D eigenvalue weighted by Gasteiger charge is -2.28. The van der Waals surface area contributed by atoms with Gasteiger partial charge in [0.15, 0.2) is 5.41 Å². The van der Waals surface area contributed by atoms with E-state index in [4.69, 9.17) is 0 Å². The number of rotatable bonds is 3. The summed E-state index contributed by atoms with van der Waals surface area (Å²) >= 11 is 0. The number of barbiturate groups is 1. The lowest BCUT2D eigenvalue weighted by Crippen LogP contribution is -2.61. The normalized spacial score (nSPS) is 17.9. The zero-order valence-electron chi connectivity index (χ0n) is 10.1. The topological polar surface area (TPSA) is 75.3 Å². The van der Waals surface area contributed by atoms with Crippen molar-refractivity contribution in [3.63, 3.8) is 0 Å². The van der Waals surface area contributed by atoms with Crippen molar-refractivity contribution in [1.82, 2.24) is 10.6 Å². The van der Waals surface area contributed by atoms with E-state index in [1.165, 1.54) is 0 Å².